The third kappa shape index (κ3) is 4.75. The number of nitrogens with zero attached hydrogens (tertiary/aromatic N) is 4. The first-order chi connectivity index (χ1) is 16.5. The number of anilines is 2. The molecule has 3 N–H and O–H groups in total. The maximum atomic E-state index is 12.8. The van der Waals surface area contributed by atoms with E-state index in [0.717, 1.165) is 0 Å². The molecule has 2 fully saturated rings. The van der Waals surface area contributed by atoms with Crippen LogP contribution in [0.1, 0.15) is 26.0 Å². The summed E-state index contributed by atoms with van der Waals surface area (Å²) >= 11 is 0. The maximum absolute atomic E-state index is 12.8. The van der Waals surface area contributed by atoms with Crippen LogP contribution in [0.3, 0.4) is 0 Å². The van der Waals surface area contributed by atoms with Crippen LogP contribution in [0.25, 0.3) is 22.7 Å². The molecule has 1 saturated heterocycles. The summed E-state index contributed by atoms with van der Waals surface area (Å²) in [6, 6.07) is 3.07. The number of halogens is 3. The fourth-order valence-corrected chi connectivity index (χ4v) is 4.65. The van der Waals surface area contributed by atoms with E-state index in [1.54, 1.807) is 39.1 Å². The van der Waals surface area contributed by atoms with E-state index >= 15 is 0 Å². The Hall–Kier alpha value is -3.03. The van der Waals surface area contributed by atoms with Crippen LogP contribution in [-0.4, -0.2) is 68.4 Å². The number of nitrogens with one attached hydrogen (secondary N) is 2. The Labute approximate surface area is 198 Å². The molecule has 0 aromatic carbocycles. The van der Waals surface area contributed by atoms with E-state index in [2.05, 4.69) is 30.6 Å². The van der Waals surface area contributed by atoms with Crippen molar-refractivity contribution in [1.82, 2.24) is 19.9 Å². The molecular formula is C22H25F3N6O4. The molecule has 3 aromatic heterocycles. The summed E-state index contributed by atoms with van der Waals surface area (Å²) in [5.74, 6) is -0.805. The summed E-state index contributed by atoms with van der Waals surface area (Å²) in [5.41, 5.74) is 1.57. The van der Waals surface area contributed by atoms with Crippen LogP contribution in [0.15, 0.2) is 22.7 Å². The number of oxazole rings is 1. The van der Waals surface area contributed by atoms with Crippen molar-refractivity contribution >= 4 is 23.0 Å². The Morgan fingerprint density at radius 3 is 2.66 bits per heavy atom. The third-order valence-electron chi connectivity index (χ3n) is 6.05. The molecule has 3 aromatic rings. The lowest BCUT2D eigenvalue weighted by Crippen LogP contribution is -2.35. The summed E-state index contributed by atoms with van der Waals surface area (Å²) in [6.07, 6.45) is -3.10. The van der Waals surface area contributed by atoms with Crippen LogP contribution in [0.5, 0.6) is 0 Å². The van der Waals surface area contributed by atoms with Gasteiger partial charge in [0, 0.05) is 18.7 Å². The molecule has 188 valence electrons. The van der Waals surface area contributed by atoms with E-state index in [4.69, 9.17) is 13.9 Å². The standard InChI is InChI=1S/C22H25F3N6O4/c1-10-14(19-30-17-13(33-19)5-4-6-26-17)18(31-20(28-10)27-9-22(23,24)25)29-12-7-11(8-32)15-16(12)35-21(2,3)34-15/h4-6,11-12,15-16,32H,7-9H2,1-3H3,(H2,27,28,29,31). The molecule has 2 aliphatic rings. The number of rotatable bonds is 6. The minimum Gasteiger partial charge on any atom is -0.434 e. The first-order valence-electron chi connectivity index (χ1n) is 11.2. The van der Waals surface area contributed by atoms with Gasteiger partial charge >= 0.3 is 6.18 Å². The predicted molar refractivity (Wildman–Crippen MR) is 119 cm³/mol. The smallest absolute Gasteiger partial charge is 0.405 e. The molecule has 4 unspecified atom stereocenters. The van der Waals surface area contributed by atoms with Gasteiger partial charge in [-0.05, 0) is 39.3 Å². The monoisotopic (exact) mass is 494 g/mol. The van der Waals surface area contributed by atoms with Gasteiger partial charge in [0.1, 0.15) is 24.0 Å². The van der Waals surface area contributed by atoms with Gasteiger partial charge in [0.2, 0.25) is 11.8 Å². The molecule has 1 aliphatic heterocycles. The van der Waals surface area contributed by atoms with E-state index < -0.39 is 24.6 Å². The number of aryl methyl sites for hydroxylation is 1. The summed E-state index contributed by atoms with van der Waals surface area (Å²) in [6.45, 7) is 3.84. The van der Waals surface area contributed by atoms with E-state index in [1.807, 2.05) is 0 Å². The molecule has 0 bridgehead atoms. The number of pyridine rings is 1. The first kappa shape index (κ1) is 23.7. The lowest BCUT2D eigenvalue weighted by atomic mass is 10.1. The quantitative estimate of drug-likeness (QED) is 0.470. The van der Waals surface area contributed by atoms with Gasteiger partial charge in [-0.3, -0.25) is 0 Å². The summed E-state index contributed by atoms with van der Waals surface area (Å²) in [4.78, 5) is 17.1. The van der Waals surface area contributed by atoms with Gasteiger partial charge in [-0.15, -0.1) is 0 Å². The lowest BCUT2D eigenvalue weighted by molar-refractivity contribution is -0.158. The number of alkyl halides is 3. The molecule has 0 amide bonds. The summed E-state index contributed by atoms with van der Waals surface area (Å²) < 4.78 is 56.4. The second-order valence-corrected chi connectivity index (χ2v) is 9.16. The highest BCUT2D eigenvalue weighted by Gasteiger charge is 2.54. The zero-order chi connectivity index (χ0) is 25.0. The fraction of sp³-hybridized carbons (Fsp3) is 0.545. The van der Waals surface area contributed by atoms with Crippen molar-refractivity contribution in [2.24, 2.45) is 5.92 Å². The molecule has 4 atom stereocenters. The third-order valence-corrected chi connectivity index (χ3v) is 6.05. The number of fused-ring (bicyclic) bond motifs is 2. The van der Waals surface area contributed by atoms with Crippen molar-refractivity contribution in [2.75, 3.05) is 23.8 Å². The Balaban J connectivity index is 1.53. The SMILES string of the molecule is Cc1nc(NCC(F)(F)F)nc(NC2CC(CO)C3OC(C)(C)OC23)c1-c1nc2ncccc2o1. The first-order valence-corrected chi connectivity index (χ1v) is 11.2. The average molecular weight is 494 g/mol. The molecule has 10 nitrogen and oxygen atoms in total. The zero-order valence-electron chi connectivity index (χ0n) is 19.3. The van der Waals surface area contributed by atoms with Gasteiger partial charge < -0.3 is 29.6 Å². The van der Waals surface area contributed by atoms with Crippen LogP contribution in [0.2, 0.25) is 0 Å². The number of hydrogen-bond acceptors (Lipinski definition) is 10. The molecule has 1 saturated carbocycles. The number of aliphatic hydroxyl groups excluding tert-OH is 1. The number of aromatic nitrogens is 4. The van der Waals surface area contributed by atoms with E-state index in [0.29, 0.717) is 28.9 Å². The van der Waals surface area contributed by atoms with Gasteiger partial charge in [-0.1, -0.05) is 0 Å². The fourth-order valence-electron chi connectivity index (χ4n) is 4.65. The highest BCUT2D eigenvalue weighted by molar-refractivity contribution is 5.78. The highest BCUT2D eigenvalue weighted by Crippen LogP contribution is 2.43. The molecule has 0 spiro atoms. The van der Waals surface area contributed by atoms with Crippen LogP contribution in [-0.2, 0) is 9.47 Å². The van der Waals surface area contributed by atoms with Gasteiger partial charge in [0.15, 0.2) is 17.0 Å². The van der Waals surface area contributed by atoms with Crippen LogP contribution >= 0.6 is 0 Å². The molecular weight excluding hydrogens is 469 g/mol. The van der Waals surface area contributed by atoms with Crippen molar-refractivity contribution in [1.29, 1.82) is 0 Å². The predicted octanol–water partition coefficient (Wildman–Crippen LogP) is 3.28. The number of aliphatic hydroxyl groups is 1. The maximum Gasteiger partial charge on any atom is 0.405 e. The Bertz CT molecular complexity index is 1200. The molecule has 5 rings (SSSR count). The van der Waals surface area contributed by atoms with Gasteiger partial charge in [-0.2, -0.15) is 23.1 Å². The molecule has 4 heterocycles. The Kier molecular flexibility index (Phi) is 5.80. The second-order valence-electron chi connectivity index (χ2n) is 9.16. The summed E-state index contributed by atoms with van der Waals surface area (Å²) in [5, 5.41) is 15.4. The molecule has 1 aliphatic carbocycles. The number of ether oxygens (including phenoxy) is 2. The summed E-state index contributed by atoms with van der Waals surface area (Å²) in [7, 11) is 0. The van der Waals surface area contributed by atoms with Crippen molar-refractivity contribution in [3.63, 3.8) is 0 Å². The Morgan fingerprint density at radius 1 is 1.17 bits per heavy atom. The van der Waals surface area contributed by atoms with Gasteiger partial charge in [-0.25, -0.2) is 9.97 Å². The normalized spacial score (nSPS) is 25.7. The van der Waals surface area contributed by atoms with Crippen molar-refractivity contribution in [3.05, 3.63) is 24.0 Å². The van der Waals surface area contributed by atoms with Crippen molar-refractivity contribution in [3.8, 4) is 11.5 Å². The van der Waals surface area contributed by atoms with Crippen LogP contribution < -0.4 is 10.6 Å². The average Bonchev–Trinajstić information content (AvgIpc) is 3.42. The number of hydrogen-bond donors (Lipinski definition) is 3. The second kappa shape index (κ2) is 8.57. The van der Waals surface area contributed by atoms with Crippen molar-refractivity contribution < 1.29 is 32.2 Å². The molecule has 13 heteroatoms. The largest absolute Gasteiger partial charge is 0.434 e. The minimum atomic E-state index is -4.44. The van der Waals surface area contributed by atoms with Gasteiger partial charge in [0.05, 0.1) is 17.8 Å². The van der Waals surface area contributed by atoms with E-state index in [-0.39, 0.29) is 42.3 Å². The van der Waals surface area contributed by atoms with Gasteiger partial charge in [0.25, 0.3) is 0 Å². The molecule has 35 heavy (non-hydrogen) atoms. The van der Waals surface area contributed by atoms with Crippen LogP contribution in [0.4, 0.5) is 24.9 Å². The minimum absolute atomic E-state index is 0.0936. The molecule has 0 radical (unpaired) electrons. The highest BCUT2D eigenvalue weighted by atomic mass is 19.4. The van der Waals surface area contributed by atoms with Crippen LogP contribution in [0, 0.1) is 12.8 Å². The lowest BCUT2D eigenvalue weighted by Gasteiger charge is -2.24. The topological polar surface area (TPSA) is 127 Å². The van der Waals surface area contributed by atoms with Crippen molar-refractivity contribution in [2.45, 2.75) is 57.4 Å². The van der Waals surface area contributed by atoms with E-state index in [9.17, 15) is 18.3 Å². The van der Waals surface area contributed by atoms with E-state index in [1.165, 1.54) is 0 Å². The zero-order valence-corrected chi connectivity index (χ0v) is 19.3. The Morgan fingerprint density at radius 2 is 1.94 bits per heavy atom.